The molecule has 0 spiro atoms. The Bertz CT molecular complexity index is 1420. The van der Waals surface area contributed by atoms with E-state index in [1.807, 2.05) is 0 Å². The Morgan fingerprint density at radius 2 is 1.78 bits per heavy atom. The molecule has 13 heteroatoms. The smallest absolute Gasteiger partial charge is 0.343 e. The minimum atomic E-state index is -0.806. The van der Waals surface area contributed by atoms with Gasteiger partial charge < -0.3 is 14.2 Å². The van der Waals surface area contributed by atoms with Crippen molar-refractivity contribution < 1.29 is 33.2 Å². The summed E-state index contributed by atoms with van der Waals surface area (Å²) in [6.45, 7) is 0. The summed E-state index contributed by atoms with van der Waals surface area (Å²) in [5, 5.41) is 26.8. The normalized spacial score (nSPS) is 14.5. The first-order valence-corrected chi connectivity index (χ1v) is 10.7. The second-order valence-electron chi connectivity index (χ2n) is 7.76. The number of methoxy groups -OCH3 is 2. The highest BCUT2D eigenvalue weighted by molar-refractivity contribution is 6.03. The fourth-order valence-electron chi connectivity index (χ4n) is 3.88. The van der Waals surface area contributed by atoms with Crippen LogP contribution in [0.2, 0.25) is 0 Å². The van der Waals surface area contributed by atoms with Crippen LogP contribution < -0.4 is 14.9 Å². The standard InChI is InChI=1S/C24H19FN4O8/c1-35-20-10-8-16-21(37-24(30)22(16)23(20)36-2)12-18(13-3-5-14(25)6-4-13)27-26-17-9-7-15(28(31)32)11-19(17)29(33)34/h3-11,21,26H,12H2,1-2H3/b27-18-/t21-/m1/s1. The highest BCUT2D eigenvalue weighted by Crippen LogP contribution is 2.43. The van der Waals surface area contributed by atoms with E-state index in [2.05, 4.69) is 10.5 Å². The fourth-order valence-corrected chi connectivity index (χ4v) is 3.88. The number of hydrazone groups is 1. The summed E-state index contributed by atoms with van der Waals surface area (Å²) in [4.78, 5) is 33.7. The molecule has 1 aliphatic heterocycles. The number of carbonyl (C=O) groups is 1. The molecule has 0 bridgehead atoms. The number of benzene rings is 3. The summed E-state index contributed by atoms with van der Waals surface area (Å²) < 4.78 is 29.7. The van der Waals surface area contributed by atoms with Gasteiger partial charge >= 0.3 is 11.7 Å². The highest BCUT2D eigenvalue weighted by Gasteiger charge is 2.36. The van der Waals surface area contributed by atoms with E-state index < -0.39 is 39.1 Å². The Kier molecular flexibility index (Phi) is 6.95. The van der Waals surface area contributed by atoms with Crippen molar-refractivity contribution in [2.45, 2.75) is 12.5 Å². The molecule has 0 unspecified atom stereocenters. The van der Waals surface area contributed by atoms with Crippen molar-refractivity contribution in [3.05, 3.63) is 97.3 Å². The number of nitro groups is 2. The van der Waals surface area contributed by atoms with Crippen molar-refractivity contribution in [2.75, 3.05) is 19.6 Å². The number of anilines is 1. The average Bonchev–Trinajstić information content (AvgIpc) is 3.21. The van der Waals surface area contributed by atoms with Crippen LogP contribution in [0.1, 0.15) is 34.0 Å². The summed E-state index contributed by atoms with van der Waals surface area (Å²) in [7, 11) is 2.83. The molecule has 0 aromatic heterocycles. The second kappa shape index (κ2) is 10.3. The van der Waals surface area contributed by atoms with Gasteiger partial charge in [0, 0.05) is 18.1 Å². The lowest BCUT2D eigenvalue weighted by Gasteiger charge is -2.15. The molecule has 1 heterocycles. The van der Waals surface area contributed by atoms with Crippen molar-refractivity contribution >= 4 is 28.7 Å². The van der Waals surface area contributed by atoms with E-state index in [4.69, 9.17) is 14.2 Å². The van der Waals surface area contributed by atoms with Crippen LogP contribution in [0.15, 0.2) is 59.7 Å². The molecule has 0 fully saturated rings. The van der Waals surface area contributed by atoms with Crippen LogP contribution in [0, 0.1) is 26.0 Å². The van der Waals surface area contributed by atoms with Gasteiger partial charge in [0.2, 0.25) is 0 Å². The molecule has 0 amide bonds. The van der Waals surface area contributed by atoms with Gasteiger partial charge in [-0.25, -0.2) is 9.18 Å². The predicted molar refractivity (Wildman–Crippen MR) is 129 cm³/mol. The summed E-state index contributed by atoms with van der Waals surface area (Å²) in [6.07, 6.45) is -0.798. The third-order valence-corrected chi connectivity index (χ3v) is 5.63. The lowest BCUT2D eigenvalue weighted by Crippen LogP contribution is -2.11. The molecule has 0 saturated heterocycles. The van der Waals surface area contributed by atoms with Gasteiger partial charge in [-0.2, -0.15) is 5.10 Å². The van der Waals surface area contributed by atoms with Crippen molar-refractivity contribution in [1.29, 1.82) is 0 Å². The van der Waals surface area contributed by atoms with Crippen LogP contribution in [0.3, 0.4) is 0 Å². The summed E-state index contributed by atoms with van der Waals surface area (Å²) in [5.74, 6) is -0.560. The second-order valence-corrected chi connectivity index (χ2v) is 7.76. The maximum atomic E-state index is 13.6. The molecule has 0 saturated carbocycles. The predicted octanol–water partition coefficient (Wildman–Crippen LogP) is 4.78. The number of halogens is 1. The van der Waals surface area contributed by atoms with E-state index in [9.17, 15) is 29.4 Å². The SMILES string of the molecule is COc1ccc2c(c1OC)C(=O)O[C@@H]2C/C(=N/Nc1ccc([N+](=O)[O-])cc1[N+](=O)[O-])c1ccc(F)cc1. The fraction of sp³-hybridized carbons (Fsp3) is 0.167. The lowest BCUT2D eigenvalue weighted by atomic mass is 9.97. The molecule has 0 aliphatic carbocycles. The van der Waals surface area contributed by atoms with E-state index in [0.717, 1.165) is 18.2 Å². The zero-order valence-corrected chi connectivity index (χ0v) is 19.5. The number of nitrogens with zero attached hydrogens (tertiary/aromatic N) is 3. The van der Waals surface area contributed by atoms with Gasteiger partial charge in [0.15, 0.2) is 11.5 Å². The van der Waals surface area contributed by atoms with Gasteiger partial charge in [0.05, 0.1) is 35.8 Å². The Labute approximate surface area is 208 Å². The molecule has 1 atom stereocenters. The molecule has 3 aromatic carbocycles. The third-order valence-electron chi connectivity index (χ3n) is 5.63. The van der Waals surface area contributed by atoms with Crippen LogP contribution in [-0.2, 0) is 4.74 Å². The number of carbonyl (C=O) groups excluding carboxylic acids is 1. The molecule has 4 rings (SSSR count). The van der Waals surface area contributed by atoms with Crippen molar-refractivity contribution in [1.82, 2.24) is 0 Å². The lowest BCUT2D eigenvalue weighted by molar-refractivity contribution is -0.393. The van der Waals surface area contributed by atoms with Crippen LogP contribution in [-0.4, -0.2) is 35.7 Å². The molecule has 1 N–H and O–H groups in total. The summed E-state index contributed by atoms with van der Waals surface area (Å²) >= 11 is 0. The molecule has 0 radical (unpaired) electrons. The van der Waals surface area contributed by atoms with Crippen LogP contribution in [0.25, 0.3) is 0 Å². The number of hydrogen-bond donors (Lipinski definition) is 1. The number of non-ortho nitro benzene ring substituents is 1. The Balaban J connectivity index is 1.73. The van der Waals surface area contributed by atoms with Crippen LogP contribution in [0.4, 0.5) is 21.5 Å². The van der Waals surface area contributed by atoms with E-state index >= 15 is 0 Å². The van der Waals surface area contributed by atoms with Crippen molar-refractivity contribution in [2.24, 2.45) is 5.10 Å². The van der Waals surface area contributed by atoms with Crippen molar-refractivity contribution in [3.63, 3.8) is 0 Å². The average molecular weight is 510 g/mol. The molecule has 190 valence electrons. The van der Waals surface area contributed by atoms with Crippen LogP contribution >= 0.6 is 0 Å². The quantitative estimate of drug-likeness (QED) is 0.185. The maximum absolute atomic E-state index is 13.6. The first kappa shape index (κ1) is 25.0. The third kappa shape index (κ3) is 5.00. The zero-order chi connectivity index (χ0) is 26.7. The van der Waals surface area contributed by atoms with Crippen molar-refractivity contribution in [3.8, 4) is 11.5 Å². The number of cyclic esters (lactones) is 1. The van der Waals surface area contributed by atoms with Gasteiger partial charge in [-0.3, -0.25) is 25.7 Å². The van der Waals surface area contributed by atoms with E-state index in [0.29, 0.717) is 16.9 Å². The minimum Gasteiger partial charge on any atom is -0.493 e. The van der Waals surface area contributed by atoms with E-state index in [1.54, 1.807) is 12.1 Å². The van der Waals surface area contributed by atoms with Gasteiger partial charge in [0.1, 0.15) is 23.2 Å². The largest absolute Gasteiger partial charge is 0.493 e. The number of fused-ring (bicyclic) bond motifs is 1. The summed E-state index contributed by atoms with van der Waals surface area (Å²) in [6, 6.07) is 11.7. The zero-order valence-electron chi connectivity index (χ0n) is 19.5. The van der Waals surface area contributed by atoms with Gasteiger partial charge in [-0.05, 0) is 29.8 Å². The van der Waals surface area contributed by atoms with Crippen LogP contribution in [0.5, 0.6) is 11.5 Å². The van der Waals surface area contributed by atoms with E-state index in [1.165, 1.54) is 38.5 Å². The molecule has 12 nitrogen and oxygen atoms in total. The van der Waals surface area contributed by atoms with Gasteiger partial charge in [-0.1, -0.05) is 18.2 Å². The monoisotopic (exact) mass is 510 g/mol. The van der Waals surface area contributed by atoms with Gasteiger partial charge in [0.25, 0.3) is 5.69 Å². The molecule has 3 aromatic rings. The molecular weight excluding hydrogens is 491 g/mol. The first-order valence-electron chi connectivity index (χ1n) is 10.7. The Morgan fingerprint density at radius 1 is 1.05 bits per heavy atom. The number of nitro benzene ring substituents is 2. The number of ether oxygens (including phenoxy) is 3. The minimum absolute atomic E-state index is 0.00757. The Hall–Kier alpha value is -5.07. The number of rotatable bonds is 9. The molecule has 1 aliphatic rings. The number of hydrogen-bond acceptors (Lipinski definition) is 10. The topological polar surface area (TPSA) is 155 Å². The van der Waals surface area contributed by atoms with Gasteiger partial charge in [-0.15, -0.1) is 0 Å². The highest BCUT2D eigenvalue weighted by atomic mass is 19.1. The molecular formula is C24H19FN4O8. The number of esters is 1. The molecule has 37 heavy (non-hydrogen) atoms. The Morgan fingerprint density at radius 3 is 2.41 bits per heavy atom. The van der Waals surface area contributed by atoms with E-state index in [-0.39, 0.29) is 29.1 Å². The summed E-state index contributed by atoms with van der Waals surface area (Å²) in [5.41, 5.74) is 2.87. The first-order chi connectivity index (χ1) is 17.7. The number of nitrogens with one attached hydrogen (secondary N) is 1. The maximum Gasteiger partial charge on any atom is 0.343 e.